The van der Waals surface area contributed by atoms with Gasteiger partial charge in [-0.1, -0.05) is 12.1 Å². The quantitative estimate of drug-likeness (QED) is 0.438. The first-order valence-electron chi connectivity index (χ1n) is 13.3. The molecule has 1 saturated carbocycles. The van der Waals surface area contributed by atoms with Crippen molar-refractivity contribution in [2.24, 2.45) is 0 Å². The van der Waals surface area contributed by atoms with Crippen LogP contribution in [0.4, 0.5) is 4.39 Å². The molecule has 3 aromatic heterocycles. The Morgan fingerprint density at radius 1 is 1.11 bits per heavy atom. The summed E-state index contributed by atoms with van der Waals surface area (Å²) in [5, 5.41) is 4.27. The molecule has 3 aliphatic rings. The van der Waals surface area contributed by atoms with Crippen LogP contribution in [0.1, 0.15) is 70.9 Å². The van der Waals surface area contributed by atoms with Crippen LogP contribution in [0, 0.1) is 12.7 Å². The molecule has 4 heterocycles. The standard InChI is InChI=1S/C29H32FN5O2/c1-19-25(18-33-35(19)29-26(30)15-23(17-32-29)21-3-4-21)28(36)14-20-2-9-27(31-16-20)22-5-7-24(8-6-22)34-10-12-37-13-11-34/h2,5,9,15-18,21,24H,3-4,6-8,10-14H2,1H3. The molecule has 0 spiro atoms. The lowest BCUT2D eigenvalue weighted by Crippen LogP contribution is -2.43. The van der Waals surface area contributed by atoms with Crippen LogP contribution in [-0.4, -0.2) is 62.8 Å². The van der Waals surface area contributed by atoms with E-state index in [1.807, 2.05) is 12.1 Å². The number of ether oxygens (including phenoxy) is 1. The largest absolute Gasteiger partial charge is 0.379 e. The fourth-order valence-corrected chi connectivity index (χ4v) is 5.47. The predicted octanol–water partition coefficient (Wildman–Crippen LogP) is 4.68. The molecule has 8 heteroatoms. The van der Waals surface area contributed by atoms with Crippen LogP contribution in [0.2, 0.25) is 0 Å². The molecule has 6 rings (SSSR count). The first-order valence-corrected chi connectivity index (χ1v) is 13.3. The zero-order valence-electron chi connectivity index (χ0n) is 21.2. The van der Waals surface area contributed by atoms with Gasteiger partial charge in [0.2, 0.25) is 0 Å². The molecule has 192 valence electrons. The number of halogens is 1. The molecule has 1 saturated heterocycles. The van der Waals surface area contributed by atoms with E-state index in [2.05, 4.69) is 26.0 Å². The van der Waals surface area contributed by atoms with Crippen molar-refractivity contribution in [2.45, 2.75) is 57.4 Å². The van der Waals surface area contributed by atoms with Crippen LogP contribution in [0.5, 0.6) is 0 Å². The van der Waals surface area contributed by atoms with Crippen LogP contribution < -0.4 is 0 Å². The molecule has 0 bridgehead atoms. The number of allylic oxidation sites excluding steroid dienone is 1. The molecular weight excluding hydrogens is 469 g/mol. The second-order valence-electron chi connectivity index (χ2n) is 10.4. The predicted molar refractivity (Wildman–Crippen MR) is 138 cm³/mol. The SMILES string of the molecule is Cc1c(C(=O)Cc2ccc(C3=CCC(N4CCOCC4)CC3)nc2)cnn1-c1ncc(C2CC2)cc1F. The third-order valence-corrected chi connectivity index (χ3v) is 7.87. The topological polar surface area (TPSA) is 73.1 Å². The number of Topliss-reactive ketones (excluding diaryl/α,β-unsaturated/α-hetero) is 1. The van der Waals surface area contributed by atoms with Gasteiger partial charge in [0.1, 0.15) is 0 Å². The second kappa shape index (κ2) is 10.3. The molecule has 0 aromatic carbocycles. The van der Waals surface area contributed by atoms with Crippen LogP contribution in [0.25, 0.3) is 11.4 Å². The summed E-state index contributed by atoms with van der Waals surface area (Å²) >= 11 is 0. The van der Waals surface area contributed by atoms with Crippen LogP contribution in [0.3, 0.4) is 0 Å². The van der Waals surface area contributed by atoms with Gasteiger partial charge in [0, 0.05) is 37.9 Å². The van der Waals surface area contributed by atoms with Gasteiger partial charge in [0.05, 0.1) is 36.4 Å². The number of nitrogens with zero attached hydrogens (tertiary/aromatic N) is 5. The molecule has 0 amide bonds. The Morgan fingerprint density at radius 2 is 1.95 bits per heavy atom. The summed E-state index contributed by atoms with van der Waals surface area (Å²) in [6.07, 6.45) is 12.9. The third kappa shape index (κ3) is 5.13. The number of rotatable bonds is 7. The van der Waals surface area contributed by atoms with Gasteiger partial charge >= 0.3 is 0 Å². The highest BCUT2D eigenvalue weighted by Gasteiger charge is 2.26. The van der Waals surface area contributed by atoms with Crippen LogP contribution >= 0.6 is 0 Å². The Bertz CT molecular complexity index is 1320. The first-order chi connectivity index (χ1) is 18.1. The van der Waals surface area contributed by atoms with Gasteiger partial charge in [-0.15, -0.1) is 0 Å². The average molecular weight is 502 g/mol. The Hall–Kier alpha value is -3.23. The van der Waals surface area contributed by atoms with E-state index in [1.54, 1.807) is 25.4 Å². The smallest absolute Gasteiger partial charge is 0.189 e. The number of carbonyl (C=O) groups excluding carboxylic acids is 1. The maximum Gasteiger partial charge on any atom is 0.189 e. The van der Waals surface area contributed by atoms with Gasteiger partial charge in [-0.25, -0.2) is 14.1 Å². The molecule has 2 fully saturated rings. The lowest BCUT2D eigenvalue weighted by molar-refractivity contribution is 0.0150. The monoisotopic (exact) mass is 501 g/mol. The zero-order chi connectivity index (χ0) is 25.4. The Kier molecular flexibility index (Phi) is 6.69. The molecule has 0 N–H and O–H groups in total. The summed E-state index contributed by atoms with van der Waals surface area (Å²) in [7, 11) is 0. The maximum absolute atomic E-state index is 14.7. The van der Waals surface area contributed by atoms with Gasteiger partial charge in [-0.2, -0.15) is 5.10 Å². The number of carbonyl (C=O) groups is 1. The lowest BCUT2D eigenvalue weighted by atomic mass is 9.91. The molecule has 7 nitrogen and oxygen atoms in total. The zero-order valence-corrected chi connectivity index (χ0v) is 21.2. The Morgan fingerprint density at radius 3 is 2.62 bits per heavy atom. The molecule has 37 heavy (non-hydrogen) atoms. The second-order valence-corrected chi connectivity index (χ2v) is 10.4. The van der Waals surface area contributed by atoms with E-state index < -0.39 is 5.82 Å². The van der Waals surface area contributed by atoms with Gasteiger partial charge in [0.25, 0.3) is 0 Å². The maximum atomic E-state index is 14.7. The number of morpholine rings is 1. The average Bonchev–Trinajstić information content (AvgIpc) is 3.72. The fourth-order valence-electron chi connectivity index (χ4n) is 5.47. The van der Waals surface area contributed by atoms with E-state index >= 15 is 0 Å². The van der Waals surface area contributed by atoms with E-state index in [0.717, 1.165) is 75.2 Å². The van der Waals surface area contributed by atoms with E-state index in [4.69, 9.17) is 4.74 Å². The van der Waals surface area contributed by atoms with E-state index in [0.29, 0.717) is 23.2 Å². The molecule has 1 unspecified atom stereocenters. The van der Waals surface area contributed by atoms with Crippen molar-refractivity contribution < 1.29 is 13.9 Å². The van der Waals surface area contributed by atoms with Gasteiger partial charge in [-0.3, -0.25) is 14.7 Å². The lowest BCUT2D eigenvalue weighted by Gasteiger charge is -2.36. The third-order valence-electron chi connectivity index (χ3n) is 7.87. The van der Waals surface area contributed by atoms with Gasteiger partial charge in [0.15, 0.2) is 17.4 Å². The van der Waals surface area contributed by atoms with Crippen molar-refractivity contribution in [2.75, 3.05) is 26.3 Å². The van der Waals surface area contributed by atoms with E-state index in [1.165, 1.54) is 16.5 Å². The summed E-state index contributed by atoms with van der Waals surface area (Å²) in [6, 6.07) is 6.13. The van der Waals surface area contributed by atoms with Crippen molar-refractivity contribution in [3.05, 3.63) is 76.8 Å². The van der Waals surface area contributed by atoms with Crippen molar-refractivity contribution in [1.82, 2.24) is 24.6 Å². The Balaban J connectivity index is 1.10. The van der Waals surface area contributed by atoms with Crippen molar-refractivity contribution >= 4 is 11.4 Å². The number of hydrogen-bond acceptors (Lipinski definition) is 6. The summed E-state index contributed by atoms with van der Waals surface area (Å²) in [6.45, 7) is 5.47. The number of aromatic nitrogens is 4. The summed E-state index contributed by atoms with van der Waals surface area (Å²) in [5.41, 5.74) is 5.10. The minimum Gasteiger partial charge on any atom is -0.379 e. The highest BCUT2D eigenvalue weighted by atomic mass is 19.1. The van der Waals surface area contributed by atoms with Crippen LogP contribution in [0.15, 0.2) is 42.9 Å². The fraction of sp³-hybridized carbons (Fsp3) is 0.448. The molecule has 1 aliphatic heterocycles. The summed E-state index contributed by atoms with van der Waals surface area (Å²) in [4.78, 5) is 24.6. The highest BCUT2D eigenvalue weighted by Crippen LogP contribution is 2.40. The molecule has 0 radical (unpaired) electrons. The van der Waals surface area contributed by atoms with Gasteiger partial charge in [-0.05, 0) is 73.8 Å². The number of hydrogen-bond donors (Lipinski definition) is 0. The first kappa shape index (κ1) is 24.1. The van der Waals surface area contributed by atoms with Crippen LogP contribution in [-0.2, 0) is 11.2 Å². The summed E-state index contributed by atoms with van der Waals surface area (Å²) in [5.74, 6) is 0.0677. The molecular formula is C29H32FN5O2. The number of ketones is 1. The van der Waals surface area contributed by atoms with E-state index in [-0.39, 0.29) is 18.0 Å². The minimum absolute atomic E-state index is 0.0708. The van der Waals surface area contributed by atoms with Crippen molar-refractivity contribution in [3.8, 4) is 5.82 Å². The van der Waals surface area contributed by atoms with Gasteiger partial charge < -0.3 is 4.74 Å². The molecule has 3 aromatic rings. The summed E-state index contributed by atoms with van der Waals surface area (Å²) < 4.78 is 21.6. The molecule has 1 atom stereocenters. The van der Waals surface area contributed by atoms with Crippen molar-refractivity contribution in [3.63, 3.8) is 0 Å². The minimum atomic E-state index is -0.414. The highest BCUT2D eigenvalue weighted by molar-refractivity contribution is 5.98. The normalized spacial score (nSPS) is 20.6. The molecule has 2 aliphatic carbocycles. The van der Waals surface area contributed by atoms with E-state index in [9.17, 15) is 9.18 Å². The Labute approximate surface area is 216 Å². The number of pyridine rings is 2. The van der Waals surface area contributed by atoms with Crippen molar-refractivity contribution in [1.29, 1.82) is 0 Å².